The third-order valence-electron chi connectivity index (χ3n) is 3.11. The van der Waals surface area contributed by atoms with Gasteiger partial charge in [0.2, 0.25) is 5.88 Å². The third kappa shape index (κ3) is 2.72. The summed E-state index contributed by atoms with van der Waals surface area (Å²) in [4.78, 5) is 7.66. The number of hydrogen-bond acceptors (Lipinski definition) is 5. The lowest BCUT2D eigenvalue weighted by atomic mass is 10.0. The molecule has 1 aromatic carbocycles. The molecule has 0 fully saturated rings. The van der Waals surface area contributed by atoms with Gasteiger partial charge in [0.15, 0.2) is 0 Å². The van der Waals surface area contributed by atoms with Crippen LogP contribution in [0.4, 0.5) is 23.4 Å². The zero-order chi connectivity index (χ0) is 16.6. The van der Waals surface area contributed by atoms with Crippen molar-refractivity contribution in [3.63, 3.8) is 0 Å². The highest BCUT2D eigenvalue weighted by atomic mass is 19.4. The van der Waals surface area contributed by atoms with E-state index >= 15 is 0 Å². The molecule has 0 bridgehead atoms. The van der Waals surface area contributed by atoms with Crippen LogP contribution in [0.25, 0.3) is 22.5 Å². The minimum Gasteiger partial charge on any atom is -0.367 e. The highest BCUT2D eigenvalue weighted by molar-refractivity contribution is 5.85. The van der Waals surface area contributed by atoms with Gasteiger partial charge in [-0.25, -0.2) is 14.4 Å². The summed E-state index contributed by atoms with van der Waals surface area (Å²) in [5.74, 6) is -1.07. The number of anilines is 1. The predicted molar refractivity (Wildman–Crippen MR) is 72.3 cm³/mol. The molecule has 118 valence electrons. The van der Waals surface area contributed by atoms with E-state index in [1.54, 1.807) is 0 Å². The molecule has 0 amide bonds. The van der Waals surface area contributed by atoms with Gasteiger partial charge in [0.1, 0.15) is 17.8 Å². The quantitative estimate of drug-likeness (QED) is 0.730. The van der Waals surface area contributed by atoms with Gasteiger partial charge in [0.25, 0.3) is 0 Å². The van der Waals surface area contributed by atoms with Crippen molar-refractivity contribution < 1.29 is 22.1 Å². The van der Waals surface area contributed by atoms with Crippen molar-refractivity contribution in [1.82, 2.24) is 15.1 Å². The Morgan fingerprint density at radius 1 is 1.13 bits per heavy atom. The summed E-state index contributed by atoms with van der Waals surface area (Å²) in [5, 5.41) is 3.58. The number of rotatable bonds is 2. The number of hydrogen-bond donors (Lipinski definition) is 1. The second-order valence-corrected chi connectivity index (χ2v) is 4.56. The number of halogens is 4. The molecule has 0 aliphatic carbocycles. The van der Waals surface area contributed by atoms with Crippen LogP contribution in [-0.4, -0.2) is 15.1 Å². The number of alkyl halides is 3. The van der Waals surface area contributed by atoms with E-state index in [0.717, 1.165) is 0 Å². The van der Waals surface area contributed by atoms with E-state index in [1.165, 1.54) is 18.6 Å². The topological polar surface area (TPSA) is 77.8 Å². The SMILES string of the molecule is Nc1onc(-c2cc(C(F)(F)F)ccc2F)c1-c1ccncn1. The van der Waals surface area contributed by atoms with Crippen LogP contribution in [0.3, 0.4) is 0 Å². The van der Waals surface area contributed by atoms with Gasteiger partial charge in [0, 0.05) is 11.8 Å². The van der Waals surface area contributed by atoms with E-state index in [2.05, 4.69) is 15.1 Å². The first-order valence-corrected chi connectivity index (χ1v) is 6.26. The molecule has 0 unspecified atom stereocenters. The zero-order valence-electron chi connectivity index (χ0n) is 11.3. The number of benzene rings is 1. The van der Waals surface area contributed by atoms with Gasteiger partial charge in [-0.3, -0.25) is 0 Å². The number of nitrogens with zero attached hydrogens (tertiary/aromatic N) is 3. The summed E-state index contributed by atoms with van der Waals surface area (Å²) in [6.07, 6.45) is -2.00. The fourth-order valence-electron chi connectivity index (χ4n) is 2.06. The Bertz CT molecular complexity index is 846. The van der Waals surface area contributed by atoms with Crippen LogP contribution >= 0.6 is 0 Å². The van der Waals surface area contributed by atoms with Crippen LogP contribution in [0, 0.1) is 5.82 Å². The maximum atomic E-state index is 14.0. The molecule has 0 atom stereocenters. The summed E-state index contributed by atoms with van der Waals surface area (Å²) < 4.78 is 57.3. The van der Waals surface area contributed by atoms with Crippen LogP contribution in [0.15, 0.2) is 41.3 Å². The lowest BCUT2D eigenvalue weighted by Crippen LogP contribution is -2.05. The van der Waals surface area contributed by atoms with Crippen molar-refractivity contribution in [2.24, 2.45) is 0 Å². The van der Waals surface area contributed by atoms with E-state index in [0.29, 0.717) is 18.2 Å². The van der Waals surface area contributed by atoms with Crippen LogP contribution in [0.5, 0.6) is 0 Å². The second kappa shape index (κ2) is 5.34. The van der Waals surface area contributed by atoms with Gasteiger partial charge < -0.3 is 10.3 Å². The van der Waals surface area contributed by atoms with Crippen molar-refractivity contribution in [3.05, 3.63) is 48.2 Å². The zero-order valence-corrected chi connectivity index (χ0v) is 11.3. The van der Waals surface area contributed by atoms with Gasteiger partial charge in [0.05, 0.1) is 16.8 Å². The molecule has 2 aromatic heterocycles. The van der Waals surface area contributed by atoms with E-state index in [-0.39, 0.29) is 28.4 Å². The van der Waals surface area contributed by atoms with Crippen molar-refractivity contribution in [2.45, 2.75) is 6.18 Å². The first-order valence-electron chi connectivity index (χ1n) is 6.26. The summed E-state index contributed by atoms with van der Waals surface area (Å²) in [6.45, 7) is 0. The van der Waals surface area contributed by atoms with Crippen LogP contribution in [0.2, 0.25) is 0 Å². The Morgan fingerprint density at radius 2 is 1.91 bits per heavy atom. The van der Waals surface area contributed by atoms with Crippen LogP contribution < -0.4 is 5.73 Å². The van der Waals surface area contributed by atoms with Gasteiger partial charge in [-0.2, -0.15) is 13.2 Å². The van der Waals surface area contributed by atoms with Crippen molar-refractivity contribution in [3.8, 4) is 22.5 Å². The Hall–Kier alpha value is -2.97. The van der Waals surface area contributed by atoms with E-state index in [9.17, 15) is 17.6 Å². The number of nitrogens with two attached hydrogens (primary N) is 1. The molecule has 23 heavy (non-hydrogen) atoms. The minimum atomic E-state index is -4.62. The molecule has 0 radical (unpaired) electrons. The largest absolute Gasteiger partial charge is 0.416 e. The molecule has 0 aliphatic rings. The highest BCUT2D eigenvalue weighted by Crippen LogP contribution is 2.38. The summed E-state index contributed by atoms with van der Waals surface area (Å²) >= 11 is 0. The lowest BCUT2D eigenvalue weighted by molar-refractivity contribution is -0.137. The molecule has 5 nitrogen and oxygen atoms in total. The minimum absolute atomic E-state index is 0.102. The number of nitrogen functional groups attached to an aromatic ring is 1. The Labute approximate surface area is 126 Å². The van der Waals surface area contributed by atoms with E-state index in [1.807, 2.05) is 0 Å². The fourth-order valence-corrected chi connectivity index (χ4v) is 2.06. The first kappa shape index (κ1) is 14.9. The maximum absolute atomic E-state index is 14.0. The van der Waals surface area contributed by atoms with Gasteiger partial charge in [-0.15, -0.1) is 0 Å². The average molecular weight is 324 g/mol. The molecular weight excluding hydrogens is 316 g/mol. The number of aromatic nitrogens is 3. The third-order valence-corrected chi connectivity index (χ3v) is 3.11. The van der Waals surface area contributed by atoms with Crippen molar-refractivity contribution in [1.29, 1.82) is 0 Å². The summed E-state index contributed by atoms with van der Waals surface area (Å²) in [5.41, 5.74) is 4.46. The molecule has 0 spiro atoms. The normalized spacial score (nSPS) is 11.7. The fraction of sp³-hybridized carbons (Fsp3) is 0.0714. The smallest absolute Gasteiger partial charge is 0.367 e. The molecule has 3 rings (SSSR count). The standard InChI is InChI=1S/C14H8F4N4O/c15-9-2-1-7(14(16,17)18)5-8(9)12-11(13(19)23-22-12)10-3-4-20-6-21-10/h1-6H,19H2. The predicted octanol–water partition coefficient (Wildman–Crippen LogP) is 3.54. The van der Waals surface area contributed by atoms with E-state index in [4.69, 9.17) is 10.3 Å². The summed E-state index contributed by atoms with van der Waals surface area (Å²) in [6, 6.07) is 3.47. The van der Waals surface area contributed by atoms with Gasteiger partial charge in [-0.1, -0.05) is 5.16 Å². The van der Waals surface area contributed by atoms with E-state index < -0.39 is 17.6 Å². The molecule has 2 N–H and O–H groups in total. The van der Waals surface area contributed by atoms with Gasteiger partial charge >= 0.3 is 6.18 Å². The van der Waals surface area contributed by atoms with Crippen molar-refractivity contribution >= 4 is 5.88 Å². The molecule has 0 saturated carbocycles. The van der Waals surface area contributed by atoms with Gasteiger partial charge in [-0.05, 0) is 24.3 Å². The molecule has 3 aromatic rings. The second-order valence-electron chi connectivity index (χ2n) is 4.56. The maximum Gasteiger partial charge on any atom is 0.416 e. The molecule has 0 saturated heterocycles. The van der Waals surface area contributed by atoms with Crippen molar-refractivity contribution in [2.75, 3.05) is 5.73 Å². The molecular formula is C14H8F4N4O. The summed E-state index contributed by atoms with van der Waals surface area (Å²) in [7, 11) is 0. The molecule has 2 heterocycles. The Morgan fingerprint density at radius 3 is 2.57 bits per heavy atom. The Kier molecular flexibility index (Phi) is 3.47. The van der Waals surface area contributed by atoms with Crippen LogP contribution in [0.1, 0.15) is 5.56 Å². The van der Waals surface area contributed by atoms with Crippen LogP contribution in [-0.2, 0) is 6.18 Å². The molecule has 0 aliphatic heterocycles. The average Bonchev–Trinajstić information content (AvgIpc) is 2.89. The first-order chi connectivity index (χ1) is 10.9. The lowest BCUT2D eigenvalue weighted by Gasteiger charge is -2.09. The molecule has 9 heteroatoms. The monoisotopic (exact) mass is 324 g/mol. The highest BCUT2D eigenvalue weighted by Gasteiger charge is 2.32. The Balaban J connectivity index is 2.21.